The molecule has 1 aliphatic rings. The molecule has 3 nitrogen and oxygen atoms in total. The Bertz CT molecular complexity index is 606. The maximum absolute atomic E-state index is 5.32. The first-order valence-electron chi connectivity index (χ1n) is 6.56. The maximum Gasteiger partial charge on any atom is 0.195 e. The van der Waals surface area contributed by atoms with Gasteiger partial charge >= 0.3 is 0 Å². The second kappa shape index (κ2) is 4.97. The molecule has 2 aromatic rings. The fraction of sp³-hybridized carbons (Fsp3) is 0.538. The summed E-state index contributed by atoms with van der Waals surface area (Å²) in [6.07, 6.45) is 6.14. The first-order chi connectivity index (χ1) is 8.81. The summed E-state index contributed by atoms with van der Waals surface area (Å²) >= 11 is 7.20. The van der Waals surface area contributed by atoms with Gasteiger partial charge < -0.3 is 4.57 Å². The molecule has 2 heterocycles. The zero-order chi connectivity index (χ0) is 12.5. The molecule has 5 heteroatoms. The van der Waals surface area contributed by atoms with Crippen molar-refractivity contribution in [3.63, 3.8) is 0 Å². The Morgan fingerprint density at radius 3 is 3.11 bits per heavy atom. The minimum atomic E-state index is 0.739. The monoisotopic (exact) mass is 279 g/mol. The number of aryl methyl sites for hydroxylation is 1. The predicted octanol–water partition coefficient (Wildman–Crippen LogP) is 3.96. The van der Waals surface area contributed by atoms with Crippen LogP contribution in [0.2, 0.25) is 0 Å². The van der Waals surface area contributed by atoms with Crippen LogP contribution in [0.15, 0.2) is 5.38 Å². The SMILES string of the molecule is CCCn1c(-c2csc3c2CCCC3)n[nH]c1=S. The highest BCUT2D eigenvalue weighted by Gasteiger charge is 2.19. The Morgan fingerprint density at radius 1 is 1.44 bits per heavy atom. The standard InChI is InChI=1S/C13H17N3S2/c1-2-7-16-12(14-15-13(16)17)10-8-18-11-6-4-3-5-9(10)11/h8H,2-7H2,1H3,(H,15,17). The van der Waals surface area contributed by atoms with E-state index in [1.165, 1.54) is 36.8 Å². The van der Waals surface area contributed by atoms with Crippen molar-refractivity contribution < 1.29 is 0 Å². The van der Waals surface area contributed by atoms with E-state index < -0.39 is 0 Å². The lowest BCUT2D eigenvalue weighted by Crippen LogP contribution is -2.03. The zero-order valence-electron chi connectivity index (χ0n) is 10.5. The van der Waals surface area contributed by atoms with E-state index in [1.807, 2.05) is 11.3 Å². The lowest BCUT2D eigenvalue weighted by Gasteiger charge is -2.12. The lowest BCUT2D eigenvalue weighted by molar-refractivity contribution is 0.670. The van der Waals surface area contributed by atoms with E-state index >= 15 is 0 Å². The number of fused-ring (bicyclic) bond motifs is 1. The number of rotatable bonds is 3. The first-order valence-corrected chi connectivity index (χ1v) is 7.85. The summed E-state index contributed by atoms with van der Waals surface area (Å²) in [7, 11) is 0. The molecule has 0 saturated heterocycles. The molecule has 0 unspecified atom stereocenters. The number of aromatic nitrogens is 3. The molecule has 2 aromatic heterocycles. The largest absolute Gasteiger partial charge is 0.300 e. The van der Waals surface area contributed by atoms with Crippen LogP contribution in [0, 0.1) is 4.77 Å². The third-order valence-corrected chi connectivity index (χ3v) is 4.91. The van der Waals surface area contributed by atoms with Gasteiger partial charge in [0.25, 0.3) is 0 Å². The van der Waals surface area contributed by atoms with Gasteiger partial charge in [-0.05, 0) is 49.9 Å². The van der Waals surface area contributed by atoms with E-state index in [0.717, 1.165) is 23.6 Å². The topological polar surface area (TPSA) is 33.6 Å². The maximum atomic E-state index is 5.32. The van der Waals surface area contributed by atoms with Gasteiger partial charge in [0.05, 0.1) is 0 Å². The Balaban J connectivity index is 2.10. The van der Waals surface area contributed by atoms with E-state index in [1.54, 1.807) is 4.88 Å². The van der Waals surface area contributed by atoms with Crippen molar-refractivity contribution in [2.24, 2.45) is 0 Å². The average molecular weight is 279 g/mol. The Hall–Kier alpha value is -0.940. The molecule has 0 bridgehead atoms. The van der Waals surface area contributed by atoms with Gasteiger partial charge in [-0.3, -0.25) is 5.10 Å². The van der Waals surface area contributed by atoms with Crippen molar-refractivity contribution in [2.45, 2.75) is 45.6 Å². The molecule has 0 saturated carbocycles. The highest BCUT2D eigenvalue weighted by molar-refractivity contribution is 7.71. The molecule has 3 rings (SSSR count). The fourth-order valence-corrected chi connectivity index (χ4v) is 3.98. The summed E-state index contributed by atoms with van der Waals surface area (Å²) < 4.78 is 2.87. The zero-order valence-corrected chi connectivity index (χ0v) is 12.2. The molecule has 0 aromatic carbocycles. The third kappa shape index (κ3) is 1.95. The van der Waals surface area contributed by atoms with Crippen molar-refractivity contribution in [3.8, 4) is 11.4 Å². The van der Waals surface area contributed by atoms with Crippen LogP contribution >= 0.6 is 23.6 Å². The molecular weight excluding hydrogens is 262 g/mol. The van der Waals surface area contributed by atoms with E-state index in [9.17, 15) is 0 Å². The average Bonchev–Trinajstić information content (AvgIpc) is 2.95. The molecule has 0 aliphatic heterocycles. The van der Waals surface area contributed by atoms with Gasteiger partial charge in [-0.2, -0.15) is 5.10 Å². The van der Waals surface area contributed by atoms with Gasteiger partial charge in [-0.15, -0.1) is 11.3 Å². The number of H-pyrrole nitrogens is 1. The van der Waals surface area contributed by atoms with Crippen molar-refractivity contribution in [1.82, 2.24) is 14.8 Å². The van der Waals surface area contributed by atoms with Crippen LogP contribution in [-0.4, -0.2) is 14.8 Å². The van der Waals surface area contributed by atoms with Crippen LogP contribution < -0.4 is 0 Å². The number of hydrogen-bond donors (Lipinski definition) is 1. The fourth-order valence-electron chi connectivity index (χ4n) is 2.64. The normalized spacial score (nSPS) is 14.7. The summed E-state index contributed by atoms with van der Waals surface area (Å²) in [5.74, 6) is 1.03. The summed E-state index contributed by atoms with van der Waals surface area (Å²) in [6.45, 7) is 3.11. The number of hydrogen-bond acceptors (Lipinski definition) is 3. The van der Waals surface area contributed by atoms with E-state index in [0.29, 0.717) is 0 Å². The van der Waals surface area contributed by atoms with E-state index in [2.05, 4.69) is 27.1 Å². The van der Waals surface area contributed by atoms with Crippen molar-refractivity contribution >= 4 is 23.6 Å². The summed E-state index contributed by atoms with van der Waals surface area (Å²) in [6, 6.07) is 0. The molecule has 18 heavy (non-hydrogen) atoms. The van der Waals surface area contributed by atoms with Gasteiger partial charge in [0.1, 0.15) is 0 Å². The number of thiophene rings is 1. The first kappa shape index (κ1) is 12.1. The van der Waals surface area contributed by atoms with Crippen LogP contribution in [0.4, 0.5) is 0 Å². The van der Waals surface area contributed by atoms with Crippen molar-refractivity contribution in [2.75, 3.05) is 0 Å². The molecule has 0 amide bonds. The smallest absolute Gasteiger partial charge is 0.195 e. The number of nitrogens with zero attached hydrogens (tertiary/aromatic N) is 2. The molecule has 0 radical (unpaired) electrons. The van der Waals surface area contributed by atoms with Crippen molar-refractivity contribution in [3.05, 3.63) is 20.6 Å². The van der Waals surface area contributed by atoms with Crippen LogP contribution in [0.3, 0.4) is 0 Å². The van der Waals surface area contributed by atoms with E-state index in [-0.39, 0.29) is 0 Å². The molecule has 0 atom stereocenters. The second-order valence-electron chi connectivity index (χ2n) is 4.76. The Kier molecular flexibility index (Phi) is 3.35. The lowest BCUT2D eigenvalue weighted by atomic mass is 9.95. The summed E-state index contributed by atoms with van der Waals surface area (Å²) in [4.78, 5) is 1.55. The summed E-state index contributed by atoms with van der Waals surface area (Å²) in [5, 5.41) is 9.63. The molecule has 0 fully saturated rings. The van der Waals surface area contributed by atoms with Crippen LogP contribution in [-0.2, 0) is 19.4 Å². The van der Waals surface area contributed by atoms with Gasteiger partial charge in [-0.25, -0.2) is 0 Å². The Labute approximate surface area is 116 Å². The van der Waals surface area contributed by atoms with E-state index in [4.69, 9.17) is 12.2 Å². The third-order valence-electron chi connectivity index (χ3n) is 3.51. The quantitative estimate of drug-likeness (QED) is 0.863. The van der Waals surface area contributed by atoms with Crippen LogP contribution in [0.1, 0.15) is 36.6 Å². The second-order valence-corrected chi connectivity index (χ2v) is 6.11. The molecule has 1 aliphatic carbocycles. The predicted molar refractivity (Wildman–Crippen MR) is 77.7 cm³/mol. The number of aromatic amines is 1. The highest BCUT2D eigenvalue weighted by Crippen LogP contribution is 2.35. The minimum Gasteiger partial charge on any atom is -0.300 e. The number of nitrogens with one attached hydrogen (secondary N) is 1. The van der Waals surface area contributed by atoms with Gasteiger partial charge in [-0.1, -0.05) is 6.92 Å². The van der Waals surface area contributed by atoms with Gasteiger partial charge in [0.2, 0.25) is 0 Å². The molecular formula is C13H17N3S2. The minimum absolute atomic E-state index is 0.739. The van der Waals surface area contributed by atoms with Crippen molar-refractivity contribution in [1.29, 1.82) is 0 Å². The van der Waals surface area contributed by atoms with Gasteiger partial charge in [0, 0.05) is 22.4 Å². The van der Waals surface area contributed by atoms with Gasteiger partial charge in [0.15, 0.2) is 10.6 Å². The van der Waals surface area contributed by atoms with Crippen LogP contribution in [0.25, 0.3) is 11.4 Å². The van der Waals surface area contributed by atoms with Crippen LogP contribution in [0.5, 0.6) is 0 Å². The molecule has 1 N–H and O–H groups in total. The molecule has 0 spiro atoms. The Morgan fingerprint density at radius 2 is 2.28 bits per heavy atom. The highest BCUT2D eigenvalue weighted by atomic mass is 32.1. The molecule has 96 valence electrons. The summed E-state index contributed by atoms with van der Waals surface area (Å²) in [5.41, 5.74) is 2.81.